The zero-order chi connectivity index (χ0) is 20.4. The van der Waals surface area contributed by atoms with E-state index in [-0.39, 0.29) is 37.2 Å². The quantitative estimate of drug-likeness (QED) is 0.638. The average molecular weight is 390 g/mol. The molecule has 0 atom stereocenters. The second kappa shape index (κ2) is 7.63. The molecule has 3 amide bonds. The van der Waals surface area contributed by atoms with Crippen molar-refractivity contribution in [2.75, 3.05) is 11.9 Å². The fourth-order valence-corrected chi connectivity index (χ4v) is 3.06. The van der Waals surface area contributed by atoms with Crippen LogP contribution in [0, 0.1) is 6.92 Å². The number of fused-ring (bicyclic) bond motifs is 1. The fourth-order valence-electron chi connectivity index (χ4n) is 3.06. The van der Waals surface area contributed by atoms with Gasteiger partial charge in [-0.2, -0.15) is 4.80 Å². The van der Waals surface area contributed by atoms with Crippen LogP contribution in [0.2, 0.25) is 0 Å². The summed E-state index contributed by atoms with van der Waals surface area (Å²) in [5.41, 5.74) is 2.60. The lowest BCUT2D eigenvalue weighted by Crippen LogP contribution is -2.32. The number of tetrazole rings is 1. The van der Waals surface area contributed by atoms with Crippen LogP contribution >= 0.6 is 0 Å². The van der Waals surface area contributed by atoms with E-state index in [0.29, 0.717) is 22.6 Å². The Morgan fingerprint density at radius 3 is 2.31 bits per heavy atom. The summed E-state index contributed by atoms with van der Waals surface area (Å²) in [6.45, 7) is 2.02. The van der Waals surface area contributed by atoms with Crippen LogP contribution in [0.3, 0.4) is 0 Å². The van der Waals surface area contributed by atoms with Gasteiger partial charge < -0.3 is 5.32 Å². The smallest absolute Gasteiger partial charge is 0.261 e. The van der Waals surface area contributed by atoms with Crippen molar-refractivity contribution in [1.82, 2.24) is 25.1 Å². The number of nitrogens with zero attached hydrogens (tertiary/aromatic N) is 5. The van der Waals surface area contributed by atoms with Gasteiger partial charge in [-0.3, -0.25) is 19.3 Å². The van der Waals surface area contributed by atoms with Gasteiger partial charge in [-0.05, 0) is 36.4 Å². The maximum atomic E-state index is 12.4. The maximum Gasteiger partial charge on any atom is 0.261 e. The first kappa shape index (κ1) is 18.5. The van der Waals surface area contributed by atoms with E-state index in [4.69, 9.17) is 0 Å². The molecule has 29 heavy (non-hydrogen) atoms. The first-order chi connectivity index (χ1) is 14.0. The minimum absolute atomic E-state index is 0.0894. The van der Waals surface area contributed by atoms with Crippen LogP contribution in [0.4, 0.5) is 5.69 Å². The number of carbonyl (C=O) groups is 3. The van der Waals surface area contributed by atoms with Gasteiger partial charge in [0.25, 0.3) is 11.8 Å². The van der Waals surface area contributed by atoms with Crippen LogP contribution in [0.25, 0.3) is 0 Å². The lowest BCUT2D eigenvalue weighted by atomic mass is 10.1. The van der Waals surface area contributed by atoms with E-state index in [2.05, 4.69) is 20.7 Å². The van der Waals surface area contributed by atoms with Gasteiger partial charge in [0, 0.05) is 18.7 Å². The Hall–Kier alpha value is -3.88. The van der Waals surface area contributed by atoms with Crippen LogP contribution in [0.1, 0.15) is 32.1 Å². The predicted octanol–water partition coefficient (Wildman–Crippen LogP) is 1.46. The van der Waals surface area contributed by atoms with Crippen molar-refractivity contribution in [3.8, 4) is 0 Å². The number of aryl methyl sites for hydroxylation is 1. The summed E-state index contributed by atoms with van der Waals surface area (Å²) in [6.07, 6.45) is 0.255. The zero-order valence-electron chi connectivity index (χ0n) is 15.7. The molecular formula is C20H18N6O3. The normalized spacial score (nSPS) is 12.9. The molecule has 0 bridgehead atoms. The van der Waals surface area contributed by atoms with E-state index in [1.165, 1.54) is 9.70 Å². The third kappa shape index (κ3) is 3.88. The molecule has 3 aromatic rings. The first-order valence-corrected chi connectivity index (χ1v) is 9.10. The van der Waals surface area contributed by atoms with Crippen molar-refractivity contribution in [1.29, 1.82) is 0 Å². The number of hydrogen-bond acceptors (Lipinski definition) is 6. The highest BCUT2D eigenvalue weighted by Gasteiger charge is 2.34. The van der Waals surface area contributed by atoms with Gasteiger partial charge in [-0.15, -0.1) is 10.2 Å². The minimum atomic E-state index is -0.324. The Morgan fingerprint density at radius 2 is 1.66 bits per heavy atom. The number of aromatic nitrogens is 4. The molecule has 4 rings (SSSR count). The van der Waals surface area contributed by atoms with E-state index >= 15 is 0 Å². The molecule has 0 fully saturated rings. The third-order valence-corrected chi connectivity index (χ3v) is 4.55. The second-order valence-corrected chi connectivity index (χ2v) is 6.71. The Balaban J connectivity index is 1.33. The number of nitrogens with one attached hydrogen (secondary N) is 1. The summed E-state index contributed by atoms with van der Waals surface area (Å²) in [4.78, 5) is 39.2. The van der Waals surface area contributed by atoms with Gasteiger partial charge in [0.1, 0.15) is 6.54 Å². The summed E-state index contributed by atoms with van der Waals surface area (Å²) in [5, 5.41) is 14.7. The number of rotatable bonds is 6. The standard InChI is InChI=1S/C20H18N6O3/c1-13-6-8-14(9-7-13)21-18(27)12-26-23-17(22-24-26)10-11-25-19(28)15-4-2-3-5-16(15)20(25)29/h2-9H,10-12H2,1H3,(H,21,27). The van der Waals surface area contributed by atoms with E-state index < -0.39 is 0 Å². The Labute approximate surface area is 166 Å². The highest BCUT2D eigenvalue weighted by molar-refractivity contribution is 6.21. The molecule has 146 valence electrons. The summed E-state index contributed by atoms with van der Waals surface area (Å²) >= 11 is 0. The van der Waals surface area contributed by atoms with E-state index in [9.17, 15) is 14.4 Å². The van der Waals surface area contributed by atoms with E-state index in [0.717, 1.165) is 5.56 Å². The van der Waals surface area contributed by atoms with Crippen molar-refractivity contribution in [3.05, 3.63) is 71.0 Å². The zero-order valence-corrected chi connectivity index (χ0v) is 15.7. The summed E-state index contributed by atoms with van der Waals surface area (Å²) < 4.78 is 0. The SMILES string of the molecule is Cc1ccc(NC(=O)Cn2nnc(CCN3C(=O)c4ccccc4C3=O)n2)cc1. The third-order valence-electron chi connectivity index (χ3n) is 4.55. The van der Waals surface area contributed by atoms with Crippen molar-refractivity contribution in [2.45, 2.75) is 19.9 Å². The molecule has 0 unspecified atom stereocenters. The molecule has 1 aliphatic heterocycles. The first-order valence-electron chi connectivity index (χ1n) is 9.10. The number of anilines is 1. The molecule has 2 aromatic carbocycles. The van der Waals surface area contributed by atoms with Gasteiger partial charge in [0.05, 0.1) is 11.1 Å². The number of hydrogen-bond donors (Lipinski definition) is 1. The molecule has 0 saturated carbocycles. The molecule has 0 radical (unpaired) electrons. The Morgan fingerprint density at radius 1 is 1.00 bits per heavy atom. The number of imide groups is 1. The number of benzene rings is 2. The van der Waals surface area contributed by atoms with Gasteiger partial charge in [0.15, 0.2) is 5.82 Å². The lowest BCUT2D eigenvalue weighted by molar-refractivity contribution is -0.117. The molecule has 9 heteroatoms. The molecule has 1 aromatic heterocycles. The highest BCUT2D eigenvalue weighted by atomic mass is 16.2. The van der Waals surface area contributed by atoms with Crippen LogP contribution in [0.5, 0.6) is 0 Å². The van der Waals surface area contributed by atoms with E-state index in [1.807, 2.05) is 31.2 Å². The number of amides is 3. The second-order valence-electron chi connectivity index (χ2n) is 6.71. The average Bonchev–Trinajstić information content (AvgIpc) is 3.25. The molecule has 1 N–H and O–H groups in total. The van der Waals surface area contributed by atoms with Crippen LogP contribution in [0.15, 0.2) is 48.5 Å². The maximum absolute atomic E-state index is 12.4. The van der Waals surface area contributed by atoms with E-state index in [1.54, 1.807) is 24.3 Å². The summed E-state index contributed by atoms with van der Waals surface area (Å²) in [7, 11) is 0. The topological polar surface area (TPSA) is 110 Å². The van der Waals surface area contributed by atoms with Gasteiger partial charge in [-0.25, -0.2) is 0 Å². The molecule has 9 nitrogen and oxygen atoms in total. The molecular weight excluding hydrogens is 372 g/mol. The Bertz CT molecular complexity index is 1050. The van der Waals surface area contributed by atoms with Gasteiger partial charge in [-0.1, -0.05) is 29.8 Å². The fraction of sp³-hybridized carbons (Fsp3) is 0.200. The summed E-state index contributed by atoms with van der Waals surface area (Å²) in [5.74, 6) is -0.575. The van der Waals surface area contributed by atoms with Crippen molar-refractivity contribution in [3.63, 3.8) is 0 Å². The van der Waals surface area contributed by atoms with Crippen LogP contribution in [-0.4, -0.2) is 49.4 Å². The molecule has 0 saturated heterocycles. The van der Waals surface area contributed by atoms with Crippen molar-refractivity contribution >= 4 is 23.4 Å². The van der Waals surface area contributed by atoms with Crippen molar-refractivity contribution in [2.24, 2.45) is 0 Å². The number of carbonyl (C=O) groups excluding carboxylic acids is 3. The monoisotopic (exact) mass is 390 g/mol. The van der Waals surface area contributed by atoms with Crippen LogP contribution in [-0.2, 0) is 17.8 Å². The molecule has 0 spiro atoms. The molecule has 0 aliphatic carbocycles. The molecule has 2 heterocycles. The highest BCUT2D eigenvalue weighted by Crippen LogP contribution is 2.22. The van der Waals surface area contributed by atoms with Crippen LogP contribution < -0.4 is 5.32 Å². The Kier molecular flexibility index (Phi) is 4.86. The van der Waals surface area contributed by atoms with Gasteiger partial charge in [0.2, 0.25) is 5.91 Å². The minimum Gasteiger partial charge on any atom is -0.324 e. The predicted molar refractivity (Wildman–Crippen MR) is 103 cm³/mol. The van der Waals surface area contributed by atoms with Gasteiger partial charge >= 0.3 is 0 Å². The van der Waals surface area contributed by atoms with Crippen molar-refractivity contribution < 1.29 is 14.4 Å². The largest absolute Gasteiger partial charge is 0.324 e. The molecule has 1 aliphatic rings. The summed E-state index contributed by atoms with van der Waals surface area (Å²) in [6, 6.07) is 14.2. The lowest BCUT2D eigenvalue weighted by Gasteiger charge is -2.11.